The third kappa shape index (κ3) is 5.61. The van der Waals surface area contributed by atoms with Gasteiger partial charge in [-0.15, -0.1) is 12.4 Å². The van der Waals surface area contributed by atoms with E-state index in [9.17, 15) is 4.79 Å². The highest BCUT2D eigenvalue weighted by Gasteiger charge is 2.25. The van der Waals surface area contributed by atoms with Crippen molar-refractivity contribution in [1.82, 2.24) is 10.6 Å². The predicted molar refractivity (Wildman–Crippen MR) is 92.9 cm³/mol. The molecule has 0 bridgehead atoms. The number of hydrogen-bond acceptors (Lipinski definition) is 2. The van der Waals surface area contributed by atoms with Crippen LogP contribution in [0.3, 0.4) is 0 Å². The van der Waals surface area contributed by atoms with Gasteiger partial charge in [0.25, 0.3) is 0 Å². The van der Waals surface area contributed by atoms with Gasteiger partial charge in [-0.3, -0.25) is 4.79 Å². The highest BCUT2D eigenvalue weighted by Crippen LogP contribution is 2.19. The summed E-state index contributed by atoms with van der Waals surface area (Å²) in [4.78, 5) is 12.3. The third-order valence-electron chi connectivity index (χ3n) is 3.87. The summed E-state index contributed by atoms with van der Waals surface area (Å²) < 4.78 is 1.11. The average Bonchev–Trinajstić information content (AvgIpc) is 2.41. The van der Waals surface area contributed by atoms with Crippen LogP contribution in [0.25, 0.3) is 0 Å². The fraction of sp³-hybridized carbons (Fsp3) is 0.562. The van der Waals surface area contributed by atoms with Crippen molar-refractivity contribution in [3.05, 3.63) is 34.3 Å². The maximum absolute atomic E-state index is 12.3. The fourth-order valence-electron chi connectivity index (χ4n) is 2.78. The second-order valence-electron chi connectivity index (χ2n) is 5.78. The van der Waals surface area contributed by atoms with Gasteiger partial charge >= 0.3 is 0 Å². The number of carbonyl (C=O) groups is 1. The quantitative estimate of drug-likeness (QED) is 0.847. The zero-order valence-electron chi connectivity index (χ0n) is 12.6. The van der Waals surface area contributed by atoms with E-state index in [2.05, 4.69) is 46.5 Å². The van der Waals surface area contributed by atoms with Crippen molar-refractivity contribution in [2.24, 2.45) is 5.92 Å². The maximum Gasteiger partial charge on any atom is 0.223 e. The van der Waals surface area contributed by atoms with Crippen molar-refractivity contribution in [3.8, 4) is 0 Å². The lowest BCUT2D eigenvalue weighted by molar-refractivity contribution is -0.126. The van der Waals surface area contributed by atoms with E-state index in [4.69, 9.17) is 0 Å². The second-order valence-corrected chi connectivity index (χ2v) is 6.64. The van der Waals surface area contributed by atoms with Crippen molar-refractivity contribution >= 4 is 34.2 Å². The van der Waals surface area contributed by atoms with Crippen LogP contribution in [0, 0.1) is 5.92 Å². The number of halogens is 2. The zero-order valence-corrected chi connectivity index (χ0v) is 15.0. The number of carbonyl (C=O) groups excluding carboxylic acids is 1. The number of nitrogens with one attached hydrogen (secondary N) is 2. The molecule has 1 heterocycles. The lowest BCUT2D eigenvalue weighted by Crippen LogP contribution is -2.45. The van der Waals surface area contributed by atoms with Crippen LogP contribution >= 0.6 is 28.3 Å². The predicted octanol–water partition coefficient (Wildman–Crippen LogP) is 3.31. The Bertz CT molecular complexity index is 469. The molecule has 0 saturated carbocycles. The van der Waals surface area contributed by atoms with E-state index in [1.807, 2.05) is 18.2 Å². The molecule has 0 spiro atoms. The van der Waals surface area contributed by atoms with E-state index in [-0.39, 0.29) is 30.3 Å². The minimum atomic E-state index is 0. The number of rotatable bonds is 4. The second kappa shape index (κ2) is 8.76. The Hall–Kier alpha value is -0.580. The maximum atomic E-state index is 12.3. The molecular formula is C16H24BrClN2O. The van der Waals surface area contributed by atoms with Gasteiger partial charge in [-0.25, -0.2) is 0 Å². The normalized spacial score (nSPS) is 23.0. The Kier molecular flexibility index (Phi) is 7.71. The molecule has 1 aromatic carbocycles. The van der Waals surface area contributed by atoms with E-state index in [1.165, 1.54) is 5.56 Å². The van der Waals surface area contributed by atoms with Gasteiger partial charge in [0.05, 0.1) is 0 Å². The summed E-state index contributed by atoms with van der Waals surface area (Å²) in [5, 5.41) is 6.54. The van der Waals surface area contributed by atoms with Crippen LogP contribution in [-0.2, 0) is 11.2 Å². The van der Waals surface area contributed by atoms with E-state index in [0.29, 0.717) is 6.04 Å². The molecule has 5 heteroatoms. The molecule has 0 aromatic heterocycles. The van der Waals surface area contributed by atoms with E-state index < -0.39 is 0 Å². The topological polar surface area (TPSA) is 41.1 Å². The van der Waals surface area contributed by atoms with Gasteiger partial charge in [0, 0.05) is 22.5 Å². The molecule has 1 fully saturated rings. The van der Waals surface area contributed by atoms with Gasteiger partial charge in [0.1, 0.15) is 0 Å². The Morgan fingerprint density at radius 2 is 2.19 bits per heavy atom. The van der Waals surface area contributed by atoms with Crippen molar-refractivity contribution in [2.45, 2.75) is 45.2 Å². The standard InChI is InChI=1S/C16H23BrN2O.ClH/c1-11-9-14(7-8-18-11)16(20)19-12(2)10-13-5-3-4-6-15(13)17;/h3-6,11-12,14,18H,7-10H2,1-2H3,(H,19,20);1H/t11-,12?,14-;/m0./s1. The third-order valence-corrected chi connectivity index (χ3v) is 4.64. The summed E-state index contributed by atoms with van der Waals surface area (Å²) >= 11 is 3.55. The van der Waals surface area contributed by atoms with E-state index >= 15 is 0 Å². The minimum absolute atomic E-state index is 0. The first-order valence-corrected chi connectivity index (χ1v) is 8.12. The molecule has 1 saturated heterocycles. The molecule has 1 aromatic rings. The lowest BCUT2D eigenvalue weighted by atomic mass is 9.92. The molecular weight excluding hydrogens is 352 g/mol. The first-order valence-electron chi connectivity index (χ1n) is 7.33. The smallest absolute Gasteiger partial charge is 0.223 e. The number of benzene rings is 1. The highest BCUT2D eigenvalue weighted by atomic mass is 79.9. The van der Waals surface area contributed by atoms with Crippen LogP contribution < -0.4 is 10.6 Å². The van der Waals surface area contributed by atoms with Gasteiger partial charge < -0.3 is 10.6 Å². The van der Waals surface area contributed by atoms with Crippen LogP contribution in [0.15, 0.2) is 28.7 Å². The molecule has 1 aliphatic rings. The Labute approximate surface area is 141 Å². The summed E-state index contributed by atoms with van der Waals surface area (Å²) in [6, 6.07) is 8.78. The summed E-state index contributed by atoms with van der Waals surface area (Å²) in [7, 11) is 0. The molecule has 0 aliphatic carbocycles. The van der Waals surface area contributed by atoms with Gasteiger partial charge in [0.2, 0.25) is 5.91 Å². The monoisotopic (exact) mass is 374 g/mol. The highest BCUT2D eigenvalue weighted by molar-refractivity contribution is 9.10. The first kappa shape index (κ1) is 18.5. The molecule has 1 aliphatic heterocycles. The molecule has 2 N–H and O–H groups in total. The molecule has 3 atom stereocenters. The number of hydrogen-bond donors (Lipinski definition) is 2. The van der Waals surface area contributed by atoms with Gasteiger partial charge in [-0.05, 0) is 51.3 Å². The van der Waals surface area contributed by atoms with E-state index in [1.54, 1.807) is 0 Å². The summed E-state index contributed by atoms with van der Waals surface area (Å²) in [6.45, 7) is 5.16. The lowest BCUT2D eigenvalue weighted by Gasteiger charge is -2.28. The van der Waals surface area contributed by atoms with Crippen molar-refractivity contribution in [1.29, 1.82) is 0 Å². The molecule has 1 unspecified atom stereocenters. The molecule has 2 rings (SSSR count). The minimum Gasteiger partial charge on any atom is -0.353 e. The van der Waals surface area contributed by atoms with Crippen molar-refractivity contribution in [3.63, 3.8) is 0 Å². The van der Waals surface area contributed by atoms with E-state index in [0.717, 1.165) is 30.3 Å². The molecule has 21 heavy (non-hydrogen) atoms. The van der Waals surface area contributed by atoms with Crippen molar-refractivity contribution < 1.29 is 4.79 Å². The fourth-order valence-corrected chi connectivity index (χ4v) is 3.22. The molecule has 0 radical (unpaired) electrons. The van der Waals surface area contributed by atoms with Gasteiger partial charge in [-0.1, -0.05) is 34.1 Å². The number of piperidine rings is 1. The average molecular weight is 376 g/mol. The van der Waals surface area contributed by atoms with Crippen LogP contribution in [0.2, 0.25) is 0 Å². The molecule has 3 nitrogen and oxygen atoms in total. The van der Waals surface area contributed by atoms with Crippen LogP contribution in [0.4, 0.5) is 0 Å². The number of amides is 1. The van der Waals surface area contributed by atoms with Crippen LogP contribution in [-0.4, -0.2) is 24.5 Å². The Morgan fingerprint density at radius 3 is 2.86 bits per heavy atom. The van der Waals surface area contributed by atoms with Crippen molar-refractivity contribution in [2.75, 3.05) is 6.54 Å². The first-order chi connectivity index (χ1) is 9.56. The largest absolute Gasteiger partial charge is 0.353 e. The molecule has 1 amide bonds. The Morgan fingerprint density at radius 1 is 1.48 bits per heavy atom. The van der Waals surface area contributed by atoms with Gasteiger partial charge in [0.15, 0.2) is 0 Å². The van der Waals surface area contributed by atoms with Gasteiger partial charge in [-0.2, -0.15) is 0 Å². The SMILES string of the molecule is CC(Cc1ccccc1Br)NC(=O)[C@H]1CCN[C@@H](C)C1.Cl. The summed E-state index contributed by atoms with van der Waals surface area (Å²) in [6.07, 6.45) is 2.74. The Balaban J connectivity index is 0.00000220. The summed E-state index contributed by atoms with van der Waals surface area (Å²) in [5.41, 5.74) is 1.24. The zero-order chi connectivity index (χ0) is 14.5. The van der Waals surface area contributed by atoms with Crippen LogP contribution in [0.1, 0.15) is 32.3 Å². The molecule has 118 valence electrons. The van der Waals surface area contributed by atoms with Crippen LogP contribution in [0.5, 0.6) is 0 Å². The summed E-state index contributed by atoms with van der Waals surface area (Å²) in [5.74, 6) is 0.366.